The number of rotatable bonds is 2. The number of pyridine rings is 2. The molecule has 0 N–H and O–H groups in total. The third-order valence-corrected chi connectivity index (χ3v) is 8.25. The first-order valence-electron chi connectivity index (χ1n) is 17.9. The number of benzene rings is 1. The smallest absolute Gasteiger partial charge is 0.0986 e. The number of fused-ring (bicyclic) bond motifs is 3. The molecule has 5 rings (SSSR count). The van der Waals surface area contributed by atoms with Gasteiger partial charge in [-0.15, -0.1) is 0 Å². The molecular formula is C36H54N4O10. The zero-order valence-corrected chi connectivity index (χ0v) is 29.3. The highest BCUT2D eigenvalue weighted by Crippen LogP contribution is 2.34. The van der Waals surface area contributed by atoms with E-state index >= 15 is 0 Å². The van der Waals surface area contributed by atoms with Crippen molar-refractivity contribution in [3.63, 3.8) is 0 Å². The Labute approximate surface area is 295 Å². The van der Waals surface area contributed by atoms with Crippen LogP contribution in [0.3, 0.4) is 0 Å². The predicted octanol–water partition coefficient (Wildman–Crippen LogP) is 2.59. The molecule has 2 aliphatic rings. The highest BCUT2D eigenvalue weighted by atomic mass is 16.6. The maximum atomic E-state index is 5.94. The first-order chi connectivity index (χ1) is 24.9. The minimum atomic E-state index is 0.519. The third-order valence-electron chi connectivity index (χ3n) is 8.25. The van der Waals surface area contributed by atoms with Gasteiger partial charge < -0.3 is 57.2 Å². The van der Waals surface area contributed by atoms with Crippen LogP contribution < -0.4 is 9.80 Å². The number of aromatic nitrogens is 2. The van der Waals surface area contributed by atoms with Crippen molar-refractivity contribution in [2.45, 2.75) is 0 Å². The van der Waals surface area contributed by atoms with E-state index in [1.807, 2.05) is 12.4 Å². The Morgan fingerprint density at radius 1 is 0.320 bits per heavy atom. The summed E-state index contributed by atoms with van der Waals surface area (Å²) in [4.78, 5) is 14.3. The predicted molar refractivity (Wildman–Crippen MR) is 190 cm³/mol. The van der Waals surface area contributed by atoms with Crippen molar-refractivity contribution in [2.24, 2.45) is 0 Å². The van der Waals surface area contributed by atoms with Crippen LogP contribution >= 0.6 is 0 Å². The van der Waals surface area contributed by atoms with Crippen molar-refractivity contribution >= 4 is 33.2 Å². The summed E-state index contributed by atoms with van der Waals surface area (Å²) >= 11 is 0. The molecule has 2 saturated heterocycles. The van der Waals surface area contributed by atoms with E-state index in [0.29, 0.717) is 158 Å². The van der Waals surface area contributed by atoms with Gasteiger partial charge >= 0.3 is 0 Å². The van der Waals surface area contributed by atoms with Crippen LogP contribution in [0, 0.1) is 0 Å². The third kappa shape index (κ3) is 13.1. The van der Waals surface area contributed by atoms with Gasteiger partial charge in [-0.05, 0) is 24.3 Å². The van der Waals surface area contributed by atoms with Gasteiger partial charge in [0.25, 0.3) is 0 Å². The van der Waals surface area contributed by atoms with Gasteiger partial charge in [0.15, 0.2) is 0 Å². The van der Waals surface area contributed by atoms with Crippen LogP contribution in [0.5, 0.6) is 0 Å². The molecule has 0 radical (unpaired) electrons. The average Bonchev–Trinajstić information content (AvgIpc) is 3.14. The summed E-state index contributed by atoms with van der Waals surface area (Å²) in [6.45, 7) is 13.4. The van der Waals surface area contributed by atoms with Crippen molar-refractivity contribution in [1.29, 1.82) is 0 Å². The fourth-order valence-electron chi connectivity index (χ4n) is 5.72. The minimum Gasteiger partial charge on any atom is -0.377 e. The molecule has 4 heterocycles. The molecule has 14 heteroatoms. The standard InChI is InChI=1S/C36H54N4O10/c1-2-32-34(40-9-13-43-17-21-47-25-29-50-30-26-48-22-18-44-14-10-40)4-6-38-36(32)35-31(1)33(3-5-37-35)39-7-11-41-15-19-45-23-27-49-28-24-46-20-16-42-12-8-39/h1-6H,7-30H2. The summed E-state index contributed by atoms with van der Waals surface area (Å²) in [5.41, 5.74) is 3.81. The van der Waals surface area contributed by atoms with Crippen molar-refractivity contribution in [3.8, 4) is 0 Å². The van der Waals surface area contributed by atoms with Gasteiger partial charge in [0.2, 0.25) is 0 Å². The Hall–Kier alpha value is -2.76. The second-order valence-electron chi connectivity index (χ2n) is 11.6. The number of hydrogen-bond acceptors (Lipinski definition) is 14. The van der Waals surface area contributed by atoms with Crippen molar-refractivity contribution in [3.05, 3.63) is 36.7 Å². The van der Waals surface area contributed by atoms with Gasteiger partial charge in [-0.3, -0.25) is 9.97 Å². The quantitative estimate of drug-likeness (QED) is 0.364. The maximum absolute atomic E-state index is 5.94. The molecule has 2 aromatic heterocycles. The van der Waals surface area contributed by atoms with Crippen LogP contribution in [0.1, 0.15) is 0 Å². The Bertz CT molecular complexity index is 1220. The zero-order chi connectivity index (χ0) is 34.3. The molecule has 3 aromatic rings. The lowest BCUT2D eigenvalue weighted by molar-refractivity contribution is -0.0116. The molecule has 2 aliphatic heterocycles. The van der Waals surface area contributed by atoms with Crippen LogP contribution in [0.4, 0.5) is 11.4 Å². The van der Waals surface area contributed by atoms with Gasteiger partial charge in [0.05, 0.1) is 143 Å². The van der Waals surface area contributed by atoms with Gasteiger partial charge in [-0.2, -0.15) is 0 Å². The highest BCUT2D eigenvalue weighted by molar-refractivity contribution is 6.10. The summed E-state index contributed by atoms with van der Waals surface area (Å²) in [6, 6.07) is 8.41. The topological polar surface area (TPSA) is 125 Å². The molecule has 0 saturated carbocycles. The first-order valence-corrected chi connectivity index (χ1v) is 17.9. The number of nitrogens with zero attached hydrogens (tertiary/aromatic N) is 4. The maximum Gasteiger partial charge on any atom is 0.0986 e. The van der Waals surface area contributed by atoms with Crippen LogP contribution in [0.15, 0.2) is 36.7 Å². The second-order valence-corrected chi connectivity index (χ2v) is 11.6. The normalized spacial score (nSPS) is 21.2. The Kier molecular flexibility index (Phi) is 18.2. The summed E-state index contributed by atoms with van der Waals surface area (Å²) in [5, 5.41) is 2.05. The fraction of sp³-hybridized carbons (Fsp3) is 0.667. The van der Waals surface area contributed by atoms with Crippen LogP contribution in [-0.2, 0) is 47.4 Å². The molecule has 0 bridgehead atoms. The van der Waals surface area contributed by atoms with E-state index in [1.165, 1.54) is 0 Å². The minimum absolute atomic E-state index is 0.519. The summed E-state index contributed by atoms with van der Waals surface area (Å²) < 4.78 is 57.3. The van der Waals surface area contributed by atoms with Crippen molar-refractivity contribution < 1.29 is 47.4 Å². The Morgan fingerprint density at radius 2 is 0.560 bits per heavy atom. The van der Waals surface area contributed by atoms with E-state index < -0.39 is 0 Å². The summed E-state index contributed by atoms with van der Waals surface area (Å²) in [7, 11) is 0. The molecule has 0 amide bonds. The summed E-state index contributed by atoms with van der Waals surface area (Å²) in [5.74, 6) is 0. The van der Waals surface area contributed by atoms with E-state index in [0.717, 1.165) is 33.2 Å². The van der Waals surface area contributed by atoms with E-state index in [-0.39, 0.29) is 0 Å². The molecule has 1 aromatic carbocycles. The van der Waals surface area contributed by atoms with E-state index in [4.69, 9.17) is 57.3 Å². The van der Waals surface area contributed by atoms with E-state index in [2.05, 4.69) is 34.1 Å². The Morgan fingerprint density at radius 3 is 0.820 bits per heavy atom. The lowest BCUT2D eigenvalue weighted by Gasteiger charge is -2.27. The van der Waals surface area contributed by atoms with E-state index in [9.17, 15) is 0 Å². The average molecular weight is 703 g/mol. The van der Waals surface area contributed by atoms with Gasteiger partial charge in [0.1, 0.15) is 0 Å². The number of anilines is 2. The van der Waals surface area contributed by atoms with Gasteiger partial charge in [-0.1, -0.05) is 0 Å². The summed E-state index contributed by atoms with van der Waals surface area (Å²) in [6.07, 6.45) is 3.72. The fourth-order valence-corrected chi connectivity index (χ4v) is 5.72. The molecule has 50 heavy (non-hydrogen) atoms. The largest absolute Gasteiger partial charge is 0.377 e. The Balaban J connectivity index is 1.31. The molecule has 14 nitrogen and oxygen atoms in total. The van der Waals surface area contributed by atoms with Gasteiger partial charge in [-0.25, -0.2) is 0 Å². The molecular weight excluding hydrogens is 648 g/mol. The lowest BCUT2D eigenvalue weighted by Crippen LogP contribution is -2.32. The molecule has 0 unspecified atom stereocenters. The molecule has 0 aliphatic carbocycles. The SMILES string of the molecule is c1cc(N2CCOCCOCCOCCOCCOCC2)c2ccc3c(N4CCOCCOCCOCCOCCOCC4)ccnc3c2n1. The van der Waals surface area contributed by atoms with Crippen LogP contribution in [-0.4, -0.2) is 168 Å². The van der Waals surface area contributed by atoms with Gasteiger partial charge in [0, 0.05) is 60.7 Å². The van der Waals surface area contributed by atoms with Crippen LogP contribution in [0.2, 0.25) is 0 Å². The second kappa shape index (κ2) is 23.7. The van der Waals surface area contributed by atoms with Crippen LogP contribution in [0.25, 0.3) is 21.8 Å². The van der Waals surface area contributed by atoms with Crippen molar-refractivity contribution in [2.75, 3.05) is 168 Å². The first kappa shape index (κ1) is 38.5. The number of hydrogen-bond donors (Lipinski definition) is 0. The molecule has 2 fully saturated rings. The van der Waals surface area contributed by atoms with E-state index in [1.54, 1.807) is 0 Å². The monoisotopic (exact) mass is 702 g/mol. The lowest BCUT2D eigenvalue weighted by atomic mass is 10.1. The van der Waals surface area contributed by atoms with Crippen molar-refractivity contribution in [1.82, 2.24) is 9.97 Å². The molecule has 278 valence electrons. The zero-order valence-electron chi connectivity index (χ0n) is 29.3. The number of ether oxygens (including phenoxy) is 10. The molecule has 0 spiro atoms. The highest BCUT2D eigenvalue weighted by Gasteiger charge is 2.17. The molecule has 0 atom stereocenters.